The first kappa shape index (κ1) is 57.3. The fraction of sp³-hybridized carbons (Fsp3) is 0.980. The number of hydrogen-bond donors (Lipinski definition) is 5. The molecule has 0 bridgehead atoms. The minimum absolute atomic E-state index is 0.150. The van der Waals surface area contributed by atoms with Gasteiger partial charge < -0.3 is 30.9 Å². The third-order valence-electron chi connectivity index (χ3n) is 12.7. The van der Waals surface area contributed by atoms with Gasteiger partial charge in [-0.1, -0.05) is 251 Å². The van der Waals surface area contributed by atoms with E-state index in [0.29, 0.717) is 19.4 Å². The largest absolute Gasteiger partial charge is 0.396 e. The molecule has 1 fully saturated rings. The highest BCUT2D eigenvalue weighted by atomic mass is 16.5. The van der Waals surface area contributed by atoms with Crippen LogP contribution in [-0.4, -0.2) is 64.0 Å². The molecular formula is C51H103NO6. The standard InChI is InChI=1S/C26H53NO.C25H50O5/c1-2-3-4-5-6-7-8-9-10-11-12-13-14-15-16-17-18-19-20-21-22-23-24-25-26(27)28;1-2-3-4-5-6-7-8-9-10-11-12-13-14-15-16-17-18-30-22-19-21(20-26)23(27)25(29)24(22)28/h2-25H2,1H3,(H2,27,28);21-29H,2-20H2,1H3. The number of hydrogen-bond acceptors (Lipinski definition) is 6. The molecule has 0 aromatic carbocycles. The van der Waals surface area contributed by atoms with E-state index in [-0.39, 0.29) is 12.5 Å². The van der Waals surface area contributed by atoms with E-state index < -0.39 is 30.3 Å². The molecule has 1 aliphatic carbocycles. The molecule has 6 N–H and O–H groups in total. The Hall–Kier alpha value is -0.730. The number of amides is 1. The Kier molecular flexibility index (Phi) is 45.2. The Morgan fingerprint density at radius 1 is 0.431 bits per heavy atom. The molecule has 0 aromatic heterocycles. The smallest absolute Gasteiger partial charge is 0.217 e. The van der Waals surface area contributed by atoms with Crippen LogP contribution in [0.25, 0.3) is 0 Å². The second-order valence-corrected chi connectivity index (χ2v) is 18.4. The van der Waals surface area contributed by atoms with E-state index in [9.17, 15) is 25.2 Å². The summed E-state index contributed by atoms with van der Waals surface area (Å²) < 4.78 is 5.73. The van der Waals surface area contributed by atoms with Gasteiger partial charge in [-0.3, -0.25) is 4.79 Å². The highest BCUT2D eigenvalue weighted by Gasteiger charge is 2.42. The van der Waals surface area contributed by atoms with Gasteiger partial charge in [-0.05, 0) is 19.3 Å². The van der Waals surface area contributed by atoms with E-state index >= 15 is 0 Å². The first-order chi connectivity index (χ1) is 28.4. The van der Waals surface area contributed by atoms with Crippen molar-refractivity contribution in [2.24, 2.45) is 11.7 Å². The summed E-state index contributed by atoms with van der Waals surface area (Å²) in [6.45, 7) is 4.92. The Balaban J connectivity index is 0.00000112. The van der Waals surface area contributed by atoms with Crippen LogP contribution >= 0.6 is 0 Å². The molecule has 5 atom stereocenters. The number of ether oxygens (including phenoxy) is 1. The van der Waals surface area contributed by atoms with E-state index in [4.69, 9.17) is 10.5 Å². The highest BCUT2D eigenvalue weighted by Crippen LogP contribution is 2.28. The van der Waals surface area contributed by atoms with Gasteiger partial charge in [0, 0.05) is 25.6 Å². The minimum atomic E-state index is -1.24. The summed E-state index contributed by atoms with van der Waals surface area (Å²) in [5.74, 6) is -0.581. The summed E-state index contributed by atoms with van der Waals surface area (Å²) in [5, 5.41) is 39.0. The number of carbonyl (C=O) groups is 1. The SMILES string of the molecule is CCCCCCCCCCCCCCCCCCCCCCCCCC(N)=O.CCCCCCCCCCCCCCCCCCOC1CC(CO)C(O)C(O)C1O. The Morgan fingerprint density at radius 2 is 0.707 bits per heavy atom. The van der Waals surface area contributed by atoms with Crippen LogP contribution in [0.1, 0.15) is 277 Å². The van der Waals surface area contributed by atoms with Gasteiger partial charge in [0.05, 0.1) is 12.2 Å². The normalized spacial score (nSPS) is 19.3. The second-order valence-electron chi connectivity index (χ2n) is 18.4. The van der Waals surface area contributed by atoms with E-state index in [1.54, 1.807) is 0 Å². The lowest BCUT2D eigenvalue weighted by Crippen LogP contribution is -2.55. The van der Waals surface area contributed by atoms with Crippen molar-refractivity contribution >= 4 is 5.91 Å². The molecule has 0 heterocycles. The fourth-order valence-corrected chi connectivity index (χ4v) is 8.60. The average molecular weight is 826 g/mol. The van der Waals surface area contributed by atoms with Crippen LogP contribution < -0.4 is 5.73 Å². The van der Waals surface area contributed by atoms with Crippen molar-refractivity contribution in [3.63, 3.8) is 0 Å². The number of nitrogens with two attached hydrogens (primary N) is 1. The molecular weight excluding hydrogens is 723 g/mol. The molecule has 0 aliphatic heterocycles. The first-order valence-corrected chi connectivity index (χ1v) is 25.9. The number of aliphatic hydroxyl groups is 4. The third kappa shape index (κ3) is 38.2. The fourth-order valence-electron chi connectivity index (χ4n) is 8.60. The molecule has 7 nitrogen and oxygen atoms in total. The van der Waals surface area contributed by atoms with Crippen LogP contribution in [0.3, 0.4) is 0 Å². The Morgan fingerprint density at radius 3 is 0.983 bits per heavy atom. The lowest BCUT2D eigenvalue weighted by atomic mass is 9.81. The molecule has 0 radical (unpaired) electrons. The maximum Gasteiger partial charge on any atom is 0.217 e. The maximum absolute atomic E-state index is 10.6. The van der Waals surface area contributed by atoms with Gasteiger partial charge in [0.25, 0.3) is 0 Å². The number of aliphatic hydroxyl groups excluding tert-OH is 4. The molecule has 58 heavy (non-hydrogen) atoms. The predicted molar refractivity (Wildman–Crippen MR) is 248 cm³/mol. The summed E-state index contributed by atoms with van der Waals surface area (Å²) in [4.78, 5) is 10.6. The monoisotopic (exact) mass is 826 g/mol. The number of primary amides is 1. The molecule has 0 aromatic rings. The molecule has 5 unspecified atom stereocenters. The van der Waals surface area contributed by atoms with Crippen molar-refractivity contribution in [1.82, 2.24) is 0 Å². The van der Waals surface area contributed by atoms with Crippen LogP contribution in [0.4, 0.5) is 0 Å². The van der Waals surface area contributed by atoms with Crippen LogP contribution in [0.5, 0.6) is 0 Å². The first-order valence-electron chi connectivity index (χ1n) is 25.9. The minimum Gasteiger partial charge on any atom is -0.396 e. The molecule has 1 aliphatic rings. The zero-order valence-corrected chi connectivity index (χ0v) is 39.0. The second kappa shape index (κ2) is 45.8. The van der Waals surface area contributed by atoms with Crippen molar-refractivity contribution in [3.05, 3.63) is 0 Å². The average Bonchev–Trinajstić information content (AvgIpc) is 3.22. The molecule has 348 valence electrons. The van der Waals surface area contributed by atoms with Crippen LogP contribution in [0.2, 0.25) is 0 Å². The van der Waals surface area contributed by atoms with Gasteiger partial charge in [-0.25, -0.2) is 0 Å². The predicted octanol–water partition coefficient (Wildman–Crippen LogP) is 13.6. The van der Waals surface area contributed by atoms with Crippen LogP contribution in [0, 0.1) is 5.92 Å². The zero-order valence-electron chi connectivity index (χ0n) is 39.0. The zero-order chi connectivity index (χ0) is 42.6. The van der Waals surface area contributed by atoms with Crippen molar-refractivity contribution in [2.75, 3.05) is 13.2 Å². The molecule has 1 amide bonds. The van der Waals surface area contributed by atoms with E-state index in [0.717, 1.165) is 19.3 Å². The topological polar surface area (TPSA) is 133 Å². The van der Waals surface area contributed by atoms with Gasteiger partial charge in [0.15, 0.2) is 0 Å². The Labute approximate surface area is 361 Å². The lowest BCUT2D eigenvalue weighted by molar-refractivity contribution is -0.178. The van der Waals surface area contributed by atoms with Gasteiger partial charge in [-0.15, -0.1) is 0 Å². The molecule has 7 heteroatoms. The number of unbranched alkanes of at least 4 members (excludes halogenated alkanes) is 37. The van der Waals surface area contributed by atoms with E-state index in [1.165, 1.54) is 231 Å². The Bertz CT molecular complexity index is 812. The van der Waals surface area contributed by atoms with Gasteiger partial charge in [0.1, 0.15) is 12.2 Å². The quantitative estimate of drug-likeness (QED) is 0.0389. The van der Waals surface area contributed by atoms with Crippen LogP contribution in [-0.2, 0) is 9.53 Å². The summed E-state index contributed by atoms with van der Waals surface area (Å²) in [6.07, 6.45) is 50.5. The van der Waals surface area contributed by atoms with Gasteiger partial charge in [0.2, 0.25) is 5.91 Å². The molecule has 1 rings (SSSR count). The van der Waals surface area contributed by atoms with Crippen LogP contribution in [0.15, 0.2) is 0 Å². The van der Waals surface area contributed by atoms with Crippen molar-refractivity contribution in [2.45, 2.75) is 302 Å². The third-order valence-corrected chi connectivity index (χ3v) is 12.7. The summed E-state index contributed by atoms with van der Waals surface area (Å²) in [5.41, 5.74) is 5.15. The highest BCUT2D eigenvalue weighted by molar-refractivity contribution is 5.73. The lowest BCUT2D eigenvalue weighted by Gasteiger charge is -2.39. The summed E-state index contributed by atoms with van der Waals surface area (Å²) >= 11 is 0. The summed E-state index contributed by atoms with van der Waals surface area (Å²) in [6, 6.07) is 0. The number of rotatable bonds is 43. The summed E-state index contributed by atoms with van der Waals surface area (Å²) in [7, 11) is 0. The molecule has 1 saturated carbocycles. The van der Waals surface area contributed by atoms with Crippen molar-refractivity contribution in [3.8, 4) is 0 Å². The van der Waals surface area contributed by atoms with E-state index in [2.05, 4.69) is 13.8 Å². The molecule has 0 spiro atoms. The number of carbonyl (C=O) groups excluding carboxylic acids is 1. The van der Waals surface area contributed by atoms with Gasteiger partial charge >= 0.3 is 0 Å². The van der Waals surface area contributed by atoms with Gasteiger partial charge in [-0.2, -0.15) is 0 Å². The molecule has 0 saturated heterocycles. The van der Waals surface area contributed by atoms with Crippen molar-refractivity contribution < 1.29 is 30.0 Å². The van der Waals surface area contributed by atoms with Crippen molar-refractivity contribution in [1.29, 1.82) is 0 Å². The van der Waals surface area contributed by atoms with E-state index in [1.807, 2.05) is 0 Å². The maximum atomic E-state index is 10.6.